The van der Waals surface area contributed by atoms with E-state index in [9.17, 15) is 0 Å². The highest BCUT2D eigenvalue weighted by molar-refractivity contribution is 9.10. The quantitative estimate of drug-likeness (QED) is 0.630. The number of halogens is 1. The second kappa shape index (κ2) is 6.92. The highest BCUT2D eigenvalue weighted by Gasteiger charge is 2.06. The normalized spacial score (nSPS) is 10.6. The van der Waals surface area contributed by atoms with Crippen LogP contribution in [0.5, 0.6) is 5.75 Å². The molecule has 0 aliphatic carbocycles. The summed E-state index contributed by atoms with van der Waals surface area (Å²) in [6, 6.07) is 18.1. The highest BCUT2D eigenvalue weighted by atomic mass is 79.9. The van der Waals surface area contributed by atoms with Gasteiger partial charge in [0.05, 0.1) is 13.7 Å². The number of hydrogen-bond donors (Lipinski definition) is 1. The molecule has 1 N–H and O–H groups in total. The molecule has 0 radical (unpaired) electrons. The molecule has 0 saturated carbocycles. The third kappa shape index (κ3) is 3.77. The predicted molar refractivity (Wildman–Crippen MR) is 96.9 cm³/mol. The summed E-state index contributed by atoms with van der Waals surface area (Å²) in [5.74, 6) is 2.63. The number of anilines is 1. The number of ether oxygens (including phenoxy) is 1. The van der Waals surface area contributed by atoms with Gasteiger partial charge < -0.3 is 14.5 Å². The molecule has 0 fully saturated rings. The molecule has 3 aromatic rings. The van der Waals surface area contributed by atoms with Gasteiger partial charge in [-0.1, -0.05) is 22.0 Å². The van der Waals surface area contributed by atoms with Gasteiger partial charge in [0, 0.05) is 15.7 Å². The lowest BCUT2D eigenvalue weighted by Gasteiger charge is -2.06. The van der Waals surface area contributed by atoms with Crippen molar-refractivity contribution in [3.8, 4) is 17.1 Å². The van der Waals surface area contributed by atoms with E-state index in [1.54, 1.807) is 7.11 Å². The fraction of sp³-hybridized carbons (Fsp3) is 0.158. The Balaban J connectivity index is 1.67. The maximum Gasteiger partial charge on any atom is 0.134 e. The zero-order valence-electron chi connectivity index (χ0n) is 13.1. The van der Waals surface area contributed by atoms with Gasteiger partial charge in [-0.2, -0.15) is 0 Å². The van der Waals surface area contributed by atoms with Crippen LogP contribution in [-0.4, -0.2) is 7.11 Å². The number of furan rings is 1. The number of rotatable bonds is 5. The van der Waals surface area contributed by atoms with Crippen LogP contribution < -0.4 is 10.1 Å². The summed E-state index contributed by atoms with van der Waals surface area (Å²) in [6.07, 6.45) is 0. The first-order valence-corrected chi connectivity index (χ1v) is 8.18. The molecule has 0 unspecified atom stereocenters. The Kier molecular flexibility index (Phi) is 4.72. The van der Waals surface area contributed by atoms with Crippen molar-refractivity contribution in [2.75, 3.05) is 12.4 Å². The van der Waals surface area contributed by atoms with Crippen molar-refractivity contribution in [2.24, 2.45) is 0 Å². The molecule has 0 atom stereocenters. The molecule has 1 aromatic heterocycles. The maximum absolute atomic E-state index is 5.93. The number of aryl methyl sites for hydroxylation is 1. The Morgan fingerprint density at radius 2 is 1.83 bits per heavy atom. The fourth-order valence-corrected chi connectivity index (χ4v) is 2.57. The second-order valence-corrected chi connectivity index (χ2v) is 6.17. The Morgan fingerprint density at radius 1 is 1.04 bits per heavy atom. The minimum atomic E-state index is 0.641. The van der Waals surface area contributed by atoms with E-state index in [1.807, 2.05) is 42.5 Å². The van der Waals surface area contributed by atoms with E-state index in [1.165, 1.54) is 5.56 Å². The average Bonchev–Trinajstić information content (AvgIpc) is 3.05. The highest BCUT2D eigenvalue weighted by Crippen LogP contribution is 2.27. The molecule has 0 saturated heterocycles. The average molecular weight is 372 g/mol. The topological polar surface area (TPSA) is 34.4 Å². The van der Waals surface area contributed by atoms with Crippen molar-refractivity contribution in [1.29, 1.82) is 0 Å². The van der Waals surface area contributed by atoms with Crippen LogP contribution in [-0.2, 0) is 6.54 Å². The Morgan fingerprint density at radius 3 is 2.52 bits per heavy atom. The smallest absolute Gasteiger partial charge is 0.134 e. The molecule has 1 heterocycles. The van der Waals surface area contributed by atoms with Crippen molar-refractivity contribution in [3.63, 3.8) is 0 Å². The Hall–Kier alpha value is -2.20. The second-order valence-electron chi connectivity index (χ2n) is 5.31. The van der Waals surface area contributed by atoms with E-state index in [2.05, 4.69) is 40.3 Å². The van der Waals surface area contributed by atoms with Gasteiger partial charge in [-0.25, -0.2) is 0 Å². The molecule has 0 spiro atoms. The summed E-state index contributed by atoms with van der Waals surface area (Å²) >= 11 is 3.52. The number of methoxy groups -OCH3 is 1. The summed E-state index contributed by atoms with van der Waals surface area (Å²) in [5, 5.41) is 3.34. The number of nitrogens with one attached hydrogen (secondary N) is 1. The lowest BCUT2D eigenvalue weighted by atomic mass is 10.1. The lowest BCUT2D eigenvalue weighted by Crippen LogP contribution is -1.97. The molecule has 0 aliphatic rings. The molecular weight excluding hydrogens is 354 g/mol. The minimum absolute atomic E-state index is 0.641. The third-order valence-corrected chi connectivity index (χ3v) is 4.55. The van der Waals surface area contributed by atoms with Gasteiger partial charge >= 0.3 is 0 Å². The van der Waals surface area contributed by atoms with Crippen LogP contribution in [0.2, 0.25) is 0 Å². The van der Waals surface area contributed by atoms with Crippen molar-refractivity contribution >= 4 is 21.6 Å². The van der Waals surface area contributed by atoms with Crippen molar-refractivity contribution < 1.29 is 9.15 Å². The van der Waals surface area contributed by atoms with Gasteiger partial charge in [-0.3, -0.25) is 0 Å². The van der Waals surface area contributed by atoms with E-state index in [0.29, 0.717) is 6.54 Å². The first kappa shape index (κ1) is 15.7. The van der Waals surface area contributed by atoms with Crippen LogP contribution >= 0.6 is 15.9 Å². The zero-order valence-corrected chi connectivity index (χ0v) is 14.7. The Bertz CT molecular complexity index is 793. The van der Waals surface area contributed by atoms with E-state index in [0.717, 1.165) is 33.0 Å². The van der Waals surface area contributed by atoms with Crippen LogP contribution in [0.4, 0.5) is 5.69 Å². The first-order valence-electron chi connectivity index (χ1n) is 7.39. The van der Waals surface area contributed by atoms with Crippen LogP contribution in [0, 0.1) is 6.92 Å². The van der Waals surface area contributed by atoms with Gasteiger partial charge in [0.25, 0.3) is 0 Å². The van der Waals surface area contributed by atoms with Crippen molar-refractivity contribution in [3.05, 3.63) is 70.4 Å². The van der Waals surface area contributed by atoms with Crippen LogP contribution in [0.3, 0.4) is 0 Å². The van der Waals surface area contributed by atoms with E-state index in [-0.39, 0.29) is 0 Å². The molecule has 4 heteroatoms. The van der Waals surface area contributed by atoms with E-state index >= 15 is 0 Å². The standard InChI is InChI=1S/C19H18BrNO2/c1-13-11-14(3-9-18(13)20)19-10-8-17(23-19)12-21-15-4-6-16(22-2)7-5-15/h3-11,21H,12H2,1-2H3. The van der Waals surface area contributed by atoms with E-state index in [4.69, 9.17) is 9.15 Å². The monoisotopic (exact) mass is 371 g/mol. The fourth-order valence-electron chi connectivity index (χ4n) is 2.32. The van der Waals surface area contributed by atoms with Crippen LogP contribution in [0.25, 0.3) is 11.3 Å². The first-order chi connectivity index (χ1) is 11.2. The van der Waals surface area contributed by atoms with Crippen molar-refractivity contribution in [2.45, 2.75) is 13.5 Å². The molecule has 2 aromatic carbocycles. The summed E-state index contributed by atoms with van der Waals surface area (Å²) in [5.41, 5.74) is 3.31. The van der Waals surface area contributed by atoms with Gasteiger partial charge in [-0.05, 0) is 61.0 Å². The summed E-state index contributed by atoms with van der Waals surface area (Å²) in [6.45, 7) is 2.71. The molecular formula is C19H18BrNO2. The number of hydrogen-bond acceptors (Lipinski definition) is 3. The number of benzene rings is 2. The van der Waals surface area contributed by atoms with E-state index < -0.39 is 0 Å². The third-order valence-electron chi connectivity index (χ3n) is 3.66. The molecule has 0 aliphatic heterocycles. The minimum Gasteiger partial charge on any atom is -0.497 e. The SMILES string of the molecule is COc1ccc(NCc2ccc(-c3ccc(Br)c(C)c3)o2)cc1. The van der Waals surface area contributed by atoms with Crippen LogP contribution in [0.1, 0.15) is 11.3 Å². The van der Waals surface area contributed by atoms with Gasteiger partial charge in [-0.15, -0.1) is 0 Å². The lowest BCUT2D eigenvalue weighted by molar-refractivity contribution is 0.415. The largest absolute Gasteiger partial charge is 0.497 e. The van der Waals surface area contributed by atoms with Gasteiger partial charge in [0.1, 0.15) is 17.3 Å². The van der Waals surface area contributed by atoms with Gasteiger partial charge in [0.15, 0.2) is 0 Å². The van der Waals surface area contributed by atoms with Crippen LogP contribution in [0.15, 0.2) is 63.5 Å². The van der Waals surface area contributed by atoms with Crippen molar-refractivity contribution in [1.82, 2.24) is 0 Å². The summed E-state index contributed by atoms with van der Waals surface area (Å²) < 4.78 is 12.2. The molecule has 23 heavy (non-hydrogen) atoms. The maximum atomic E-state index is 5.93. The summed E-state index contributed by atoms with van der Waals surface area (Å²) in [7, 11) is 1.66. The van der Waals surface area contributed by atoms with Gasteiger partial charge in [0.2, 0.25) is 0 Å². The molecule has 118 valence electrons. The predicted octanol–water partition coefficient (Wildman–Crippen LogP) is 5.64. The molecule has 3 rings (SSSR count). The zero-order chi connectivity index (χ0) is 16.2. The Labute approximate surface area is 144 Å². The molecule has 0 bridgehead atoms. The molecule has 0 amide bonds. The summed E-state index contributed by atoms with van der Waals surface area (Å²) in [4.78, 5) is 0. The molecule has 3 nitrogen and oxygen atoms in total.